The van der Waals surface area contributed by atoms with Crippen molar-refractivity contribution in [2.75, 3.05) is 50.0 Å². The van der Waals surface area contributed by atoms with Gasteiger partial charge in [0.2, 0.25) is 5.95 Å². The molecule has 3 N–H and O–H groups in total. The monoisotopic (exact) mass is 357 g/mol. The molecule has 26 heavy (non-hydrogen) atoms. The third kappa shape index (κ3) is 2.90. The molecule has 1 aromatic heterocycles. The van der Waals surface area contributed by atoms with Crippen LogP contribution in [0.2, 0.25) is 0 Å². The van der Waals surface area contributed by atoms with Gasteiger partial charge in [0.25, 0.3) is 0 Å². The molecule has 2 atom stereocenters. The molecule has 140 valence electrons. The van der Waals surface area contributed by atoms with Gasteiger partial charge in [-0.05, 0) is 31.0 Å². The number of aliphatic hydroxyl groups is 1. The van der Waals surface area contributed by atoms with Crippen LogP contribution in [0, 0.1) is 0 Å². The second-order valence-corrected chi connectivity index (χ2v) is 7.48. The van der Waals surface area contributed by atoms with Gasteiger partial charge in [-0.25, -0.2) is 9.97 Å². The van der Waals surface area contributed by atoms with Gasteiger partial charge in [0.1, 0.15) is 0 Å². The Morgan fingerprint density at radius 3 is 2.73 bits per heavy atom. The molecule has 7 nitrogen and oxygen atoms in total. The highest BCUT2D eigenvalue weighted by Gasteiger charge is 2.44. The Bertz CT molecular complexity index is 806. The van der Waals surface area contributed by atoms with E-state index < -0.39 is 6.10 Å². The van der Waals surface area contributed by atoms with E-state index in [4.69, 9.17) is 10.5 Å². The fourth-order valence-corrected chi connectivity index (χ4v) is 4.12. The van der Waals surface area contributed by atoms with E-state index in [-0.39, 0.29) is 5.54 Å². The summed E-state index contributed by atoms with van der Waals surface area (Å²) in [5, 5.41) is 11.3. The highest BCUT2D eigenvalue weighted by molar-refractivity contribution is 5.84. The summed E-state index contributed by atoms with van der Waals surface area (Å²) in [5.41, 5.74) is 8.90. The minimum absolute atomic E-state index is 0.273. The number of aliphatic hydroxyl groups excluding tert-OH is 1. The highest BCUT2D eigenvalue weighted by Crippen LogP contribution is 2.31. The number of fused-ring (bicyclic) bond motifs is 1. The molecule has 0 amide bonds. The average molecular weight is 357 g/mol. The van der Waals surface area contributed by atoms with Gasteiger partial charge in [-0.2, -0.15) is 0 Å². The van der Waals surface area contributed by atoms with E-state index in [0.717, 1.165) is 43.5 Å². The molecule has 2 saturated heterocycles. The van der Waals surface area contributed by atoms with Crippen molar-refractivity contribution in [2.45, 2.75) is 31.9 Å². The third-order valence-corrected chi connectivity index (χ3v) is 5.91. The van der Waals surface area contributed by atoms with Crippen molar-refractivity contribution < 1.29 is 9.84 Å². The molecule has 0 aliphatic carbocycles. The fraction of sp³-hybridized carbons (Fsp3) is 0.579. The van der Waals surface area contributed by atoms with Gasteiger partial charge in [0.15, 0.2) is 0 Å². The lowest BCUT2D eigenvalue weighted by Crippen LogP contribution is -2.60. The maximum Gasteiger partial charge on any atom is 0.220 e. The molecule has 0 spiro atoms. The molecule has 0 bridgehead atoms. The minimum atomic E-state index is -0.416. The first-order chi connectivity index (χ1) is 12.5. The van der Waals surface area contributed by atoms with Gasteiger partial charge in [-0.15, -0.1) is 0 Å². The first kappa shape index (κ1) is 17.5. The first-order valence-corrected chi connectivity index (χ1v) is 9.32. The maximum atomic E-state index is 10.3. The average Bonchev–Trinajstić information content (AvgIpc) is 3.00. The van der Waals surface area contributed by atoms with E-state index in [1.54, 1.807) is 6.20 Å². The van der Waals surface area contributed by atoms with Crippen molar-refractivity contribution in [1.29, 1.82) is 0 Å². The van der Waals surface area contributed by atoms with Gasteiger partial charge in [0, 0.05) is 43.4 Å². The number of rotatable bonds is 3. The molecular weight excluding hydrogens is 330 g/mol. The number of nitrogens with two attached hydrogens (primary N) is 1. The van der Waals surface area contributed by atoms with Gasteiger partial charge in [0.05, 0.1) is 30.4 Å². The quantitative estimate of drug-likeness (QED) is 0.849. The van der Waals surface area contributed by atoms with E-state index in [9.17, 15) is 5.11 Å². The number of hydrogen-bond donors (Lipinski definition) is 2. The van der Waals surface area contributed by atoms with Crippen molar-refractivity contribution in [3.8, 4) is 0 Å². The minimum Gasteiger partial charge on any atom is -0.389 e. The SMILES string of the molecule is CCc1cc2cnc(N)nc2cc1N1CCN(C2(C)COCC2O)CC1. The van der Waals surface area contributed by atoms with E-state index in [1.165, 1.54) is 11.3 Å². The molecule has 2 unspecified atom stereocenters. The van der Waals surface area contributed by atoms with Crippen LogP contribution in [0.15, 0.2) is 18.3 Å². The number of piperazine rings is 1. The standard InChI is InChI=1S/C19H27N5O2/c1-3-13-8-14-10-21-18(20)22-15(14)9-16(13)23-4-6-24(7-5-23)19(2)12-26-11-17(19)25/h8-10,17,25H,3-7,11-12H2,1-2H3,(H2,20,21,22). The van der Waals surface area contributed by atoms with Crippen LogP contribution in [0.1, 0.15) is 19.4 Å². The number of aryl methyl sites for hydroxylation is 1. The number of nitrogens with zero attached hydrogens (tertiary/aromatic N) is 4. The van der Waals surface area contributed by atoms with Crippen LogP contribution >= 0.6 is 0 Å². The van der Waals surface area contributed by atoms with Crippen molar-refractivity contribution in [2.24, 2.45) is 0 Å². The maximum absolute atomic E-state index is 10.3. The molecule has 2 fully saturated rings. The number of ether oxygens (including phenoxy) is 1. The van der Waals surface area contributed by atoms with Crippen LogP contribution in [0.3, 0.4) is 0 Å². The van der Waals surface area contributed by atoms with Crippen LogP contribution in [0.25, 0.3) is 10.9 Å². The fourth-order valence-electron chi connectivity index (χ4n) is 4.12. The number of hydrogen-bond acceptors (Lipinski definition) is 7. The Hall–Kier alpha value is -1.96. The smallest absolute Gasteiger partial charge is 0.220 e. The highest BCUT2D eigenvalue weighted by atomic mass is 16.5. The zero-order valence-corrected chi connectivity index (χ0v) is 15.5. The van der Waals surface area contributed by atoms with E-state index in [1.807, 2.05) is 0 Å². The molecule has 3 heterocycles. The summed E-state index contributed by atoms with van der Waals surface area (Å²) in [4.78, 5) is 13.3. The molecule has 0 radical (unpaired) electrons. The van der Waals surface area contributed by atoms with Gasteiger partial charge in [-0.1, -0.05) is 6.92 Å². The van der Waals surface area contributed by atoms with E-state index >= 15 is 0 Å². The lowest BCUT2D eigenvalue weighted by Gasteiger charge is -2.45. The number of benzene rings is 1. The first-order valence-electron chi connectivity index (χ1n) is 9.32. The Labute approximate surface area is 153 Å². The number of nitrogen functional groups attached to an aromatic ring is 1. The molecule has 2 aromatic rings. The largest absolute Gasteiger partial charge is 0.389 e. The van der Waals surface area contributed by atoms with Gasteiger partial charge < -0.3 is 20.5 Å². The summed E-state index contributed by atoms with van der Waals surface area (Å²) in [7, 11) is 0. The third-order valence-electron chi connectivity index (χ3n) is 5.91. The number of anilines is 2. The predicted molar refractivity (Wildman–Crippen MR) is 102 cm³/mol. The van der Waals surface area contributed by atoms with Crippen molar-refractivity contribution in [3.05, 3.63) is 23.9 Å². The van der Waals surface area contributed by atoms with Crippen LogP contribution in [-0.2, 0) is 11.2 Å². The second kappa shape index (κ2) is 6.64. The van der Waals surface area contributed by atoms with Crippen LogP contribution < -0.4 is 10.6 Å². The molecular formula is C19H27N5O2. The van der Waals surface area contributed by atoms with Crippen molar-refractivity contribution in [3.63, 3.8) is 0 Å². The molecule has 7 heteroatoms. The number of aromatic nitrogens is 2. The molecule has 2 aliphatic rings. The predicted octanol–water partition coefficient (Wildman–Crippen LogP) is 1.05. The van der Waals surface area contributed by atoms with Crippen molar-refractivity contribution >= 4 is 22.5 Å². The zero-order chi connectivity index (χ0) is 18.3. The summed E-state index contributed by atoms with van der Waals surface area (Å²) in [5.74, 6) is 0.306. The Morgan fingerprint density at radius 1 is 1.31 bits per heavy atom. The summed E-state index contributed by atoms with van der Waals surface area (Å²) in [6, 6.07) is 4.31. The normalized spacial score (nSPS) is 27.3. The summed E-state index contributed by atoms with van der Waals surface area (Å²) < 4.78 is 5.50. The van der Waals surface area contributed by atoms with Crippen LogP contribution in [0.4, 0.5) is 11.6 Å². The van der Waals surface area contributed by atoms with Crippen molar-refractivity contribution in [1.82, 2.24) is 14.9 Å². The van der Waals surface area contributed by atoms with Crippen LogP contribution in [0.5, 0.6) is 0 Å². The van der Waals surface area contributed by atoms with E-state index in [2.05, 4.69) is 45.7 Å². The van der Waals surface area contributed by atoms with Gasteiger partial charge in [-0.3, -0.25) is 4.90 Å². The molecule has 0 saturated carbocycles. The summed E-state index contributed by atoms with van der Waals surface area (Å²) in [6.45, 7) is 8.96. The second-order valence-electron chi connectivity index (χ2n) is 7.48. The summed E-state index contributed by atoms with van der Waals surface area (Å²) >= 11 is 0. The molecule has 4 rings (SSSR count). The Kier molecular flexibility index (Phi) is 4.46. The van der Waals surface area contributed by atoms with Gasteiger partial charge >= 0.3 is 0 Å². The lowest BCUT2D eigenvalue weighted by molar-refractivity contribution is 0.00882. The van der Waals surface area contributed by atoms with Crippen LogP contribution in [-0.4, -0.2) is 71.0 Å². The Balaban J connectivity index is 1.57. The zero-order valence-electron chi connectivity index (χ0n) is 15.5. The molecule has 2 aliphatic heterocycles. The Morgan fingerprint density at radius 2 is 2.08 bits per heavy atom. The molecule has 1 aromatic carbocycles. The van der Waals surface area contributed by atoms with E-state index in [0.29, 0.717) is 19.2 Å². The summed E-state index contributed by atoms with van der Waals surface area (Å²) in [6.07, 6.45) is 2.33. The topological polar surface area (TPSA) is 87.7 Å². The lowest BCUT2D eigenvalue weighted by atomic mass is 9.95.